The average molecular weight is 335 g/mol. The molecule has 21 heavy (non-hydrogen) atoms. The maximum atomic E-state index is 12.3. The van der Waals surface area contributed by atoms with Crippen molar-refractivity contribution in [1.29, 1.82) is 0 Å². The molecule has 0 radical (unpaired) electrons. The Balaban J connectivity index is 2.89. The lowest BCUT2D eigenvalue weighted by Crippen LogP contribution is -2.34. The summed E-state index contributed by atoms with van der Waals surface area (Å²) in [6.07, 6.45) is 1.23. The monoisotopic (exact) mass is 334 g/mol. The number of nitrogen functional groups attached to an aromatic ring is 1. The van der Waals surface area contributed by atoms with Gasteiger partial charge in [0.1, 0.15) is 4.90 Å². The number of rotatable bonds is 7. The van der Waals surface area contributed by atoms with E-state index in [1.165, 1.54) is 12.3 Å². The number of hydrogen-bond donors (Lipinski definition) is 3. The van der Waals surface area contributed by atoms with Crippen molar-refractivity contribution in [3.05, 3.63) is 17.3 Å². The summed E-state index contributed by atoms with van der Waals surface area (Å²) in [5.41, 5.74) is 2.30. The van der Waals surface area contributed by atoms with Gasteiger partial charge in [0.2, 0.25) is 10.0 Å². The van der Waals surface area contributed by atoms with E-state index in [0.29, 0.717) is 18.4 Å². The van der Waals surface area contributed by atoms with E-state index in [9.17, 15) is 8.42 Å². The van der Waals surface area contributed by atoms with Crippen LogP contribution in [0.15, 0.2) is 17.2 Å². The lowest BCUT2D eigenvalue weighted by atomic mass is 9.86. The van der Waals surface area contributed by atoms with Crippen molar-refractivity contribution in [1.82, 2.24) is 9.71 Å². The van der Waals surface area contributed by atoms with Crippen molar-refractivity contribution in [3.63, 3.8) is 0 Å². The Morgan fingerprint density at radius 2 is 1.86 bits per heavy atom. The molecule has 1 aromatic rings. The lowest BCUT2D eigenvalue weighted by Gasteiger charge is -2.25. The SMILES string of the molecule is CC(C)C(CNS(=O)(=O)c1cnc(NN)c(Cl)c1)C(C)C. The molecule has 0 fully saturated rings. The van der Waals surface area contributed by atoms with Crippen LogP contribution in [-0.2, 0) is 10.0 Å². The molecule has 8 heteroatoms. The van der Waals surface area contributed by atoms with Crippen LogP contribution >= 0.6 is 11.6 Å². The van der Waals surface area contributed by atoms with Gasteiger partial charge in [-0.3, -0.25) is 0 Å². The molecule has 120 valence electrons. The molecule has 0 aromatic carbocycles. The summed E-state index contributed by atoms with van der Waals surface area (Å²) in [5.74, 6) is 6.48. The van der Waals surface area contributed by atoms with Crippen molar-refractivity contribution in [2.45, 2.75) is 32.6 Å². The topological polar surface area (TPSA) is 97.1 Å². The number of anilines is 1. The second-order valence-corrected chi connectivity index (χ2v) is 7.82. The number of hydrogen-bond acceptors (Lipinski definition) is 5. The average Bonchev–Trinajstić information content (AvgIpc) is 2.37. The summed E-state index contributed by atoms with van der Waals surface area (Å²) >= 11 is 5.90. The van der Waals surface area contributed by atoms with Crippen LogP contribution in [0.1, 0.15) is 27.7 Å². The molecule has 0 atom stereocenters. The number of nitrogens with one attached hydrogen (secondary N) is 2. The predicted octanol–water partition coefficient (Wildman–Crippen LogP) is 2.23. The van der Waals surface area contributed by atoms with Gasteiger partial charge in [-0.2, -0.15) is 0 Å². The van der Waals surface area contributed by atoms with Gasteiger partial charge in [0, 0.05) is 12.7 Å². The lowest BCUT2D eigenvalue weighted by molar-refractivity contribution is 0.289. The highest BCUT2D eigenvalue weighted by Crippen LogP contribution is 2.23. The third-order valence-electron chi connectivity index (χ3n) is 3.48. The van der Waals surface area contributed by atoms with Crippen molar-refractivity contribution < 1.29 is 8.42 Å². The first kappa shape index (κ1) is 18.2. The van der Waals surface area contributed by atoms with Gasteiger partial charge in [-0.15, -0.1) is 0 Å². The summed E-state index contributed by atoms with van der Waals surface area (Å²) in [7, 11) is -3.64. The summed E-state index contributed by atoms with van der Waals surface area (Å²) in [4.78, 5) is 3.90. The fourth-order valence-corrected chi connectivity index (χ4v) is 3.53. The van der Waals surface area contributed by atoms with Gasteiger partial charge in [0.05, 0.1) is 5.02 Å². The number of pyridine rings is 1. The first-order valence-corrected chi connectivity index (χ1v) is 8.67. The third kappa shape index (κ3) is 4.81. The van der Waals surface area contributed by atoms with E-state index in [0.717, 1.165) is 0 Å². The normalized spacial score (nSPS) is 12.4. The Labute approximate surface area is 131 Å². The maximum Gasteiger partial charge on any atom is 0.242 e. The molecule has 1 rings (SSSR count). The van der Waals surface area contributed by atoms with E-state index in [2.05, 4.69) is 42.8 Å². The van der Waals surface area contributed by atoms with Crippen LogP contribution in [0, 0.1) is 17.8 Å². The predicted molar refractivity (Wildman–Crippen MR) is 85.4 cm³/mol. The molecule has 1 aromatic heterocycles. The zero-order chi connectivity index (χ0) is 16.2. The Morgan fingerprint density at radius 3 is 2.29 bits per heavy atom. The number of hydrazine groups is 1. The van der Waals surface area contributed by atoms with Crippen LogP contribution in [0.3, 0.4) is 0 Å². The second kappa shape index (κ2) is 7.40. The molecule has 0 aliphatic carbocycles. The fraction of sp³-hybridized carbons (Fsp3) is 0.615. The van der Waals surface area contributed by atoms with Crippen LogP contribution in [-0.4, -0.2) is 19.9 Å². The van der Waals surface area contributed by atoms with E-state index >= 15 is 0 Å². The molecular weight excluding hydrogens is 312 g/mol. The standard InChI is InChI=1S/C13H23ClN4O2S/c1-8(2)11(9(3)4)7-17-21(19,20)10-5-12(14)13(18-15)16-6-10/h5-6,8-9,11,17H,7,15H2,1-4H3,(H,16,18). The van der Waals surface area contributed by atoms with Gasteiger partial charge in [-0.1, -0.05) is 39.3 Å². The summed E-state index contributed by atoms with van der Waals surface area (Å²) in [5, 5.41) is 0.157. The van der Waals surface area contributed by atoms with Crippen molar-refractivity contribution in [2.75, 3.05) is 12.0 Å². The summed E-state index contributed by atoms with van der Waals surface area (Å²) < 4.78 is 27.2. The number of halogens is 1. The van der Waals surface area contributed by atoms with Crippen LogP contribution in [0.5, 0.6) is 0 Å². The first-order chi connectivity index (χ1) is 9.69. The van der Waals surface area contributed by atoms with E-state index in [4.69, 9.17) is 17.4 Å². The minimum absolute atomic E-state index is 0.0257. The molecule has 4 N–H and O–H groups in total. The van der Waals surface area contributed by atoms with Gasteiger partial charge in [0.25, 0.3) is 0 Å². The minimum Gasteiger partial charge on any atom is -0.307 e. The summed E-state index contributed by atoms with van der Waals surface area (Å²) in [6, 6.07) is 1.33. The minimum atomic E-state index is -3.64. The highest BCUT2D eigenvalue weighted by molar-refractivity contribution is 7.89. The second-order valence-electron chi connectivity index (χ2n) is 5.65. The Hall–Kier alpha value is -0.890. The number of aromatic nitrogens is 1. The molecule has 0 spiro atoms. The van der Waals surface area contributed by atoms with Gasteiger partial charge < -0.3 is 5.43 Å². The Bertz CT molecular complexity index is 568. The number of sulfonamides is 1. The molecule has 0 aliphatic rings. The highest BCUT2D eigenvalue weighted by atomic mass is 35.5. The molecule has 0 bridgehead atoms. The highest BCUT2D eigenvalue weighted by Gasteiger charge is 2.22. The molecule has 1 heterocycles. The van der Waals surface area contributed by atoms with Crippen LogP contribution < -0.4 is 16.0 Å². The molecule has 0 saturated heterocycles. The summed E-state index contributed by atoms with van der Waals surface area (Å²) in [6.45, 7) is 8.71. The largest absolute Gasteiger partial charge is 0.307 e. The van der Waals surface area contributed by atoms with Crippen molar-refractivity contribution in [2.24, 2.45) is 23.6 Å². The van der Waals surface area contributed by atoms with Gasteiger partial charge >= 0.3 is 0 Å². The van der Waals surface area contributed by atoms with E-state index in [1.807, 2.05) is 0 Å². The first-order valence-electron chi connectivity index (χ1n) is 6.80. The maximum absolute atomic E-state index is 12.3. The van der Waals surface area contributed by atoms with Crippen LogP contribution in [0.4, 0.5) is 5.82 Å². The van der Waals surface area contributed by atoms with Crippen LogP contribution in [0.25, 0.3) is 0 Å². The quantitative estimate of drug-likeness (QED) is 0.524. The molecule has 6 nitrogen and oxygen atoms in total. The van der Waals surface area contributed by atoms with E-state index in [1.54, 1.807) is 0 Å². The number of nitrogens with two attached hydrogens (primary N) is 1. The van der Waals surface area contributed by atoms with Gasteiger partial charge in [-0.25, -0.2) is 24.0 Å². The van der Waals surface area contributed by atoms with Crippen LogP contribution in [0.2, 0.25) is 5.02 Å². The third-order valence-corrected chi connectivity index (χ3v) is 5.16. The van der Waals surface area contributed by atoms with E-state index in [-0.39, 0.29) is 21.7 Å². The van der Waals surface area contributed by atoms with E-state index < -0.39 is 10.0 Å². The smallest absolute Gasteiger partial charge is 0.242 e. The van der Waals surface area contributed by atoms with Gasteiger partial charge in [-0.05, 0) is 23.8 Å². The Kier molecular flexibility index (Phi) is 6.40. The molecule has 0 saturated carbocycles. The Morgan fingerprint density at radius 1 is 1.29 bits per heavy atom. The van der Waals surface area contributed by atoms with Crippen molar-refractivity contribution >= 4 is 27.4 Å². The van der Waals surface area contributed by atoms with Crippen molar-refractivity contribution in [3.8, 4) is 0 Å². The zero-order valence-corrected chi connectivity index (χ0v) is 14.3. The molecular formula is C13H23ClN4O2S. The molecule has 0 unspecified atom stereocenters. The number of nitrogens with zero attached hydrogens (tertiary/aromatic N) is 1. The zero-order valence-electron chi connectivity index (χ0n) is 12.7. The molecule has 0 amide bonds. The van der Waals surface area contributed by atoms with Gasteiger partial charge in [0.15, 0.2) is 5.82 Å². The fourth-order valence-electron chi connectivity index (χ4n) is 2.20. The molecule has 0 aliphatic heterocycles.